The lowest BCUT2D eigenvalue weighted by atomic mass is 10.1. The van der Waals surface area contributed by atoms with Gasteiger partial charge in [0, 0.05) is 18.7 Å². The molecule has 4 aromatic rings. The predicted molar refractivity (Wildman–Crippen MR) is 101 cm³/mol. The van der Waals surface area contributed by atoms with Gasteiger partial charge in [0.05, 0.1) is 16.8 Å². The van der Waals surface area contributed by atoms with Crippen molar-refractivity contribution in [3.63, 3.8) is 0 Å². The van der Waals surface area contributed by atoms with Crippen LogP contribution >= 0.6 is 0 Å². The fraction of sp³-hybridized carbons (Fsp3) is 0.150. The molecule has 0 aliphatic heterocycles. The lowest BCUT2D eigenvalue weighted by Gasteiger charge is -2.11. The van der Waals surface area contributed by atoms with Crippen molar-refractivity contribution in [2.24, 2.45) is 7.05 Å². The van der Waals surface area contributed by atoms with Crippen molar-refractivity contribution in [2.75, 3.05) is 0 Å². The fourth-order valence-electron chi connectivity index (χ4n) is 2.97. The summed E-state index contributed by atoms with van der Waals surface area (Å²) >= 11 is 0. The molecule has 138 valence electrons. The van der Waals surface area contributed by atoms with E-state index in [1.165, 1.54) is 12.4 Å². The molecule has 0 aliphatic carbocycles. The second kappa shape index (κ2) is 6.96. The molecule has 1 aromatic carbocycles. The van der Waals surface area contributed by atoms with Crippen LogP contribution in [0.3, 0.4) is 0 Å². The zero-order valence-corrected chi connectivity index (χ0v) is 15.3. The summed E-state index contributed by atoms with van der Waals surface area (Å²) in [5, 5.41) is 28.7. The maximum atomic E-state index is 11.3. The Morgan fingerprint density at radius 2 is 2.14 bits per heavy atom. The van der Waals surface area contributed by atoms with Gasteiger partial charge in [-0.15, -0.1) is 5.10 Å². The topological polar surface area (TPSA) is 104 Å². The summed E-state index contributed by atoms with van der Waals surface area (Å²) in [6.45, 7) is 2.24. The van der Waals surface area contributed by atoms with Gasteiger partial charge < -0.3 is 9.94 Å². The highest BCUT2D eigenvalue weighted by molar-refractivity contribution is 5.83. The third-order valence-corrected chi connectivity index (χ3v) is 4.41. The van der Waals surface area contributed by atoms with Gasteiger partial charge in [-0.1, -0.05) is 5.21 Å². The first-order valence-corrected chi connectivity index (χ1v) is 8.57. The number of fused-ring (bicyclic) bond motifs is 1. The van der Waals surface area contributed by atoms with Crippen LogP contribution in [-0.4, -0.2) is 20.0 Å². The number of nitriles is 1. The largest absolute Gasteiger partial charge is 0.619 e. The second-order valence-electron chi connectivity index (χ2n) is 6.39. The van der Waals surface area contributed by atoms with E-state index in [-0.39, 0.29) is 5.69 Å². The molecule has 8 heteroatoms. The Labute approximate surface area is 160 Å². The fourth-order valence-corrected chi connectivity index (χ4v) is 2.97. The number of aryl methyl sites for hydroxylation is 2. The molecule has 0 fully saturated rings. The average Bonchev–Trinajstić information content (AvgIpc) is 3.07. The summed E-state index contributed by atoms with van der Waals surface area (Å²) in [5.74, 6) is 0.717. The molecule has 0 saturated heterocycles. The minimum Gasteiger partial charge on any atom is -0.619 e. The molecule has 3 heterocycles. The van der Waals surface area contributed by atoms with Crippen LogP contribution in [0.15, 0.2) is 48.8 Å². The SMILES string of the molecule is Cc1cc(-c2cc3c(nnn3C)c(C#N)n2)ccc1OCc1ccc[n+]([O-])c1. The molecule has 0 N–H and O–H groups in total. The van der Waals surface area contributed by atoms with Crippen LogP contribution in [0.1, 0.15) is 16.8 Å². The quantitative estimate of drug-likeness (QED) is 0.402. The maximum Gasteiger partial charge on any atom is 0.186 e. The Morgan fingerprint density at radius 1 is 1.29 bits per heavy atom. The maximum absolute atomic E-state index is 11.3. The van der Waals surface area contributed by atoms with E-state index in [0.717, 1.165) is 26.9 Å². The van der Waals surface area contributed by atoms with E-state index in [2.05, 4.69) is 21.4 Å². The van der Waals surface area contributed by atoms with E-state index in [4.69, 9.17) is 4.74 Å². The van der Waals surface area contributed by atoms with Crippen molar-refractivity contribution in [1.29, 1.82) is 5.26 Å². The molecule has 4 rings (SSSR count). The van der Waals surface area contributed by atoms with Gasteiger partial charge in [0.25, 0.3) is 0 Å². The molecule has 0 amide bonds. The Morgan fingerprint density at radius 3 is 2.89 bits per heavy atom. The molecular formula is C20H16N6O2. The van der Waals surface area contributed by atoms with Crippen molar-refractivity contribution >= 4 is 11.0 Å². The summed E-state index contributed by atoms with van der Waals surface area (Å²) in [4.78, 5) is 4.42. The third-order valence-electron chi connectivity index (χ3n) is 4.41. The molecule has 28 heavy (non-hydrogen) atoms. The van der Waals surface area contributed by atoms with Crippen molar-refractivity contribution in [2.45, 2.75) is 13.5 Å². The van der Waals surface area contributed by atoms with Crippen molar-refractivity contribution in [3.8, 4) is 23.1 Å². The van der Waals surface area contributed by atoms with Crippen LogP contribution in [0.4, 0.5) is 0 Å². The number of hydrogen-bond acceptors (Lipinski definition) is 6. The van der Waals surface area contributed by atoms with Crippen LogP contribution in [0, 0.1) is 23.5 Å². The first-order valence-electron chi connectivity index (χ1n) is 8.57. The van der Waals surface area contributed by atoms with Gasteiger partial charge >= 0.3 is 0 Å². The van der Waals surface area contributed by atoms with E-state index in [0.29, 0.717) is 23.6 Å². The van der Waals surface area contributed by atoms with Crippen LogP contribution < -0.4 is 9.47 Å². The van der Waals surface area contributed by atoms with Gasteiger partial charge in [0.15, 0.2) is 18.1 Å². The second-order valence-corrected chi connectivity index (χ2v) is 6.39. The lowest BCUT2D eigenvalue weighted by Crippen LogP contribution is -2.25. The summed E-state index contributed by atoms with van der Waals surface area (Å²) in [6, 6.07) is 13.2. The monoisotopic (exact) mass is 372 g/mol. The Hall–Kier alpha value is -3.99. The van der Waals surface area contributed by atoms with Gasteiger partial charge in [-0.25, -0.2) is 9.67 Å². The highest BCUT2D eigenvalue weighted by atomic mass is 16.5. The average molecular weight is 372 g/mol. The first kappa shape index (κ1) is 17.4. The van der Waals surface area contributed by atoms with E-state index in [1.54, 1.807) is 17.8 Å². The van der Waals surface area contributed by atoms with Gasteiger partial charge in [-0.3, -0.25) is 0 Å². The van der Waals surface area contributed by atoms with E-state index < -0.39 is 0 Å². The lowest BCUT2D eigenvalue weighted by molar-refractivity contribution is -0.606. The highest BCUT2D eigenvalue weighted by Gasteiger charge is 2.13. The standard InChI is InChI=1S/C20H16N6O2/c1-13-8-15(5-6-19(13)28-12-14-4-3-7-26(27)11-14)16-9-18-20(17(10-21)22-16)23-24-25(18)2/h3-9,11H,12H2,1-2H3. The van der Waals surface area contributed by atoms with Crippen molar-refractivity contribution in [1.82, 2.24) is 20.0 Å². The zero-order chi connectivity index (χ0) is 19.7. The Bertz CT molecular complexity index is 1230. The van der Waals surface area contributed by atoms with Gasteiger partial charge in [0.2, 0.25) is 0 Å². The number of ether oxygens (including phenoxy) is 1. The molecule has 0 aliphatic rings. The van der Waals surface area contributed by atoms with Crippen LogP contribution in [0.5, 0.6) is 5.75 Å². The molecule has 0 atom stereocenters. The summed E-state index contributed by atoms with van der Waals surface area (Å²) in [7, 11) is 1.78. The molecule has 0 bridgehead atoms. The van der Waals surface area contributed by atoms with E-state index in [9.17, 15) is 10.5 Å². The summed E-state index contributed by atoms with van der Waals surface area (Å²) in [6.07, 6.45) is 2.91. The summed E-state index contributed by atoms with van der Waals surface area (Å²) in [5.41, 5.74) is 4.72. The third kappa shape index (κ3) is 3.21. The molecule has 0 unspecified atom stereocenters. The van der Waals surface area contributed by atoms with Crippen LogP contribution in [0.25, 0.3) is 22.3 Å². The number of benzene rings is 1. The normalized spacial score (nSPS) is 10.8. The van der Waals surface area contributed by atoms with E-state index >= 15 is 0 Å². The molecule has 0 radical (unpaired) electrons. The Balaban J connectivity index is 1.63. The molecule has 0 spiro atoms. The zero-order valence-electron chi connectivity index (χ0n) is 15.3. The van der Waals surface area contributed by atoms with E-state index in [1.807, 2.05) is 37.3 Å². The molecular weight excluding hydrogens is 356 g/mol. The smallest absolute Gasteiger partial charge is 0.186 e. The number of pyridine rings is 2. The van der Waals surface area contributed by atoms with Gasteiger partial charge in [0.1, 0.15) is 23.9 Å². The minimum absolute atomic E-state index is 0.244. The van der Waals surface area contributed by atoms with Crippen LogP contribution in [0.2, 0.25) is 0 Å². The molecule has 8 nitrogen and oxygen atoms in total. The van der Waals surface area contributed by atoms with Gasteiger partial charge in [-0.05, 0) is 42.8 Å². The number of aromatic nitrogens is 5. The highest BCUT2D eigenvalue weighted by Crippen LogP contribution is 2.28. The van der Waals surface area contributed by atoms with Gasteiger partial charge in [-0.2, -0.15) is 9.99 Å². The number of nitrogens with zero attached hydrogens (tertiary/aromatic N) is 6. The number of hydrogen-bond donors (Lipinski definition) is 0. The first-order chi connectivity index (χ1) is 13.5. The van der Waals surface area contributed by atoms with Crippen LogP contribution in [-0.2, 0) is 13.7 Å². The summed E-state index contributed by atoms with van der Waals surface area (Å²) < 4.78 is 8.21. The molecule has 0 saturated carbocycles. The predicted octanol–water partition coefficient (Wildman–Crippen LogP) is 2.42. The van der Waals surface area contributed by atoms with Crippen molar-refractivity contribution in [3.05, 3.63) is 70.8 Å². The number of rotatable bonds is 4. The molecule has 3 aromatic heterocycles. The van der Waals surface area contributed by atoms with Crippen molar-refractivity contribution < 1.29 is 9.47 Å². The minimum atomic E-state index is 0.244. The Kier molecular flexibility index (Phi) is 4.33.